The molecule has 1 aromatic carbocycles. The topological polar surface area (TPSA) is 79.4 Å². The van der Waals surface area contributed by atoms with Crippen LogP contribution in [0, 0.1) is 20.8 Å². The maximum Gasteiger partial charge on any atom is 0.248 e. The fourth-order valence-electron chi connectivity index (χ4n) is 2.11. The van der Waals surface area contributed by atoms with Gasteiger partial charge >= 0.3 is 0 Å². The summed E-state index contributed by atoms with van der Waals surface area (Å²) in [6.07, 6.45) is 3.01. The number of anilines is 1. The van der Waals surface area contributed by atoms with Crippen LogP contribution in [0.15, 0.2) is 28.5 Å². The number of nitrogens with one attached hydrogen (secondary N) is 1. The molecule has 0 aliphatic carbocycles. The second-order valence-corrected chi connectivity index (χ2v) is 9.03. The number of amides is 1. The predicted molar refractivity (Wildman–Crippen MR) is 101 cm³/mol. The van der Waals surface area contributed by atoms with Crippen LogP contribution in [0.25, 0.3) is 6.08 Å². The average molecular weight is 380 g/mol. The van der Waals surface area contributed by atoms with E-state index in [9.17, 15) is 13.2 Å². The largest absolute Gasteiger partial charge is 0.322 e. The van der Waals surface area contributed by atoms with Gasteiger partial charge in [0.25, 0.3) is 0 Å². The summed E-state index contributed by atoms with van der Waals surface area (Å²) in [6, 6.07) is 3.09. The molecule has 2 rings (SSSR count). The Balaban J connectivity index is 2.28. The molecular weight excluding hydrogens is 358 g/mol. The van der Waals surface area contributed by atoms with Crippen molar-refractivity contribution in [2.24, 2.45) is 0 Å². The Kier molecular flexibility index (Phi) is 5.76. The van der Waals surface area contributed by atoms with Gasteiger partial charge in [-0.25, -0.2) is 17.7 Å². The van der Waals surface area contributed by atoms with Gasteiger partial charge in [-0.3, -0.25) is 4.79 Å². The molecule has 0 saturated carbocycles. The van der Waals surface area contributed by atoms with Gasteiger partial charge in [-0.1, -0.05) is 0 Å². The molecule has 8 heteroatoms. The fraction of sp³-hybridized carbons (Fsp3) is 0.294. The third-order valence-electron chi connectivity index (χ3n) is 3.72. The lowest BCUT2D eigenvalue weighted by Crippen LogP contribution is -2.22. The molecule has 0 radical (unpaired) electrons. The minimum atomic E-state index is -3.57. The lowest BCUT2D eigenvalue weighted by atomic mass is 10.1. The molecule has 0 fully saturated rings. The number of rotatable bonds is 5. The van der Waals surface area contributed by atoms with Crippen LogP contribution in [0.1, 0.15) is 21.8 Å². The van der Waals surface area contributed by atoms with Gasteiger partial charge in [-0.05, 0) is 50.1 Å². The summed E-state index contributed by atoms with van der Waals surface area (Å²) in [4.78, 5) is 16.6. The highest BCUT2D eigenvalue weighted by molar-refractivity contribution is 7.89. The molecule has 1 amide bonds. The molecule has 1 N–H and O–H groups in total. The summed E-state index contributed by atoms with van der Waals surface area (Å²) < 4.78 is 25.8. The summed E-state index contributed by atoms with van der Waals surface area (Å²) >= 11 is 1.51. The normalized spacial score (nSPS) is 12.1. The highest BCUT2D eigenvalue weighted by Gasteiger charge is 2.19. The number of carbonyl (C=O) groups is 1. The van der Waals surface area contributed by atoms with Gasteiger partial charge in [0.2, 0.25) is 15.9 Å². The van der Waals surface area contributed by atoms with Gasteiger partial charge in [0.1, 0.15) is 0 Å². The van der Waals surface area contributed by atoms with E-state index in [1.807, 2.05) is 26.2 Å². The number of carbonyl (C=O) groups excluding carboxylic acids is 1. The van der Waals surface area contributed by atoms with E-state index in [0.717, 1.165) is 26.1 Å². The Bertz CT molecular complexity index is 929. The molecule has 0 aliphatic rings. The SMILES string of the molecule is Cc1nc(/C=C/C(=O)Nc2cc(S(=O)(=O)N(C)C)cc(C)c2C)cs1. The maximum atomic E-state index is 12.3. The van der Waals surface area contributed by atoms with Gasteiger partial charge in [0.15, 0.2) is 0 Å². The van der Waals surface area contributed by atoms with Crippen LogP contribution < -0.4 is 5.32 Å². The molecule has 0 spiro atoms. The first-order valence-electron chi connectivity index (χ1n) is 7.56. The van der Waals surface area contributed by atoms with Crippen molar-refractivity contribution in [1.82, 2.24) is 9.29 Å². The summed E-state index contributed by atoms with van der Waals surface area (Å²) in [5.41, 5.74) is 2.81. The minimum Gasteiger partial charge on any atom is -0.322 e. The van der Waals surface area contributed by atoms with Crippen molar-refractivity contribution < 1.29 is 13.2 Å². The zero-order valence-electron chi connectivity index (χ0n) is 14.8. The van der Waals surface area contributed by atoms with Crippen molar-refractivity contribution >= 4 is 39.0 Å². The monoisotopic (exact) mass is 379 g/mol. The van der Waals surface area contributed by atoms with E-state index in [-0.39, 0.29) is 10.8 Å². The van der Waals surface area contributed by atoms with Crippen molar-refractivity contribution in [2.75, 3.05) is 19.4 Å². The molecule has 0 saturated heterocycles. The number of aryl methyl sites for hydroxylation is 2. The first kappa shape index (κ1) is 19.3. The van der Waals surface area contributed by atoms with Crippen LogP contribution in [-0.2, 0) is 14.8 Å². The summed E-state index contributed by atoms with van der Waals surface area (Å²) in [5, 5.41) is 5.53. The van der Waals surface area contributed by atoms with Crippen LogP contribution in [0.3, 0.4) is 0 Å². The second kappa shape index (κ2) is 7.47. The molecule has 0 aliphatic heterocycles. The van der Waals surface area contributed by atoms with E-state index in [1.54, 1.807) is 12.1 Å². The minimum absolute atomic E-state index is 0.148. The first-order valence-corrected chi connectivity index (χ1v) is 9.88. The Morgan fingerprint density at radius 3 is 2.48 bits per heavy atom. The molecule has 2 aromatic rings. The van der Waals surface area contributed by atoms with E-state index in [1.165, 1.54) is 37.6 Å². The Morgan fingerprint density at radius 1 is 1.24 bits per heavy atom. The van der Waals surface area contributed by atoms with Crippen molar-refractivity contribution in [3.05, 3.63) is 45.4 Å². The quantitative estimate of drug-likeness (QED) is 0.810. The number of benzene rings is 1. The van der Waals surface area contributed by atoms with Gasteiger partial charge in [0, 0.05) is 31.2 Å². The van der Waals surface area contributed by atoms with E-state index in [2.05, 4.69) is 10.3 Å². The Morgan fingerprint density at radius 2 is 1.92 bits per heavy atom. The molecule has 134 valence electrons. The van der Waals surface area contributed by atoms with E-state index in [0.29, 0.717) is 5.69 Å². The number of aromatic nitrogens is 1. The molecule has 0 atom stereocenters. The number of thiazole rings is 1. The van der Waals surface area contributed by atoms with Crippen molar-refractivity contribution in [2.45, 2.75) is 25.7 Å². The lowest BCUT2D eigenvalue weighted by Gasteiger charge is -2.16. The summed E-state index contributed by atoms with van der Waals surface area (Å²) in [5.74, 6) is -0.340. The maximum absolute atomic E-state index is 12.3. The average Bonchev–Trinajstić information content (AvgIpc) is 2.95. The van der Waals surface area contributed by atoms with Gasteiger partial charge in [-0.15, -0.1) is 11.3 Å². The van der Waals surface area contributed by atoms with Crippen molar-refractivity contribution in [1.29, 1.82) is 0 Å². The zero-order chi connectivity index (χ0) is 18.8. The van der Waals surface area contributed by atoms with Crippen LogP contribution in [0.4, 0.5) is 5.69 Å². The molecular formula is C17H21N3O3S2. The molecule has 1 aromatic heterocycles. The van der Waals surface area contributed by atoms with Gasteiger partial charge in [0.05, 0.1) is 15.6 Å². The van der Waals surface area contributed by atoms with Gasteiger partial charge < -0.3 is 5.32 Å². The van der Waals surface area contributed by atoms with Crippen LogP contribution in [0.5, 0.6) is 0 Å². The second-order valence-electron chi connectivity index (χ2n) is 5.81. The highest BCUT2D eigenvalue weighted by Crippen LogP contribution is 2.25. The van der Waals surface area contributed by atoms with Crippen molar-refractivity contribution in [3.8, 4) is 0 Å². The van der Waals surface area contributed by atoms with E-state index in [4.69, 9.17) is 0 Å². The summed E-state index contributed by atoms with van der Waals surface area (Å²) in [6.45, 7) is 5.54. The number of nitrogens with zero attached hydrogens (tertiary/aromatic N) is 2. The molecule has 0 unspecified atom stereocenters. The number of hydrogen-bond acceptors (Lipinski definition) is 5. The van der Waals surface area contributed by atoms with Crippen molar-refractivity contribution in [3.63, 3.8) is 0 Å². The lowest BCUT2D eigenvalue weighted by molar-refractivity contribution is -0.111. The van der Waals surface area contributed by atoms with Gasteiger partial charge in [-0.2, -0.15) is 0 Å². The molecule has 6 nitrogen and oxygen atoms in total. The Labute approximate surface area is 152 Å². The standard InChI is InChI=1S/C17H21N3O3S2/c1-11-8-15(25(22,23)20(4)5)9-16(12(11)2)19-17(21)7-6-14-10-24-13(3)18-14/h6-10H,1-5H3,(H,19,21)/b7-6+. The third kappa shape index (κ3) is 4.53. The zero-order valence-corrected chi connectivity index (χ0v) is 16.5. The molecule has 1 heterocycles. The van der Waals surface area contributed by atoms with E-state index < -0.39 is 10.0 Å². The first-order chi connectivity index (χ1) is 11.6. The predicted octanol–water partition coefficient (Wildman–Crippen LogP) is 2.97. The highest BCUT2D eigenvalue weighted by atomic mass is 32.2. The van der Waals surface area contributed by atoms with Crippen LogP contribution in [-0.4, -0.2) is 37.7 Å². The van der Waals surface area contributed by atoms with Crippen LogP contribution in [0.2, 0.25) is 0 Å². The smallest absolute Gasteiger partial charge is 0.248 e. The number of sulfonamides is 1. The fourth-order valence-corrected chi connectivity index (χ4v) is 3.70. The van der Waals surface area contributed by atoms with E-state index >= 15 is 0 Å². The summed E-state index contributed by atoms with van der Waals surface area (Å²) in [7, 11) is -0.624. The van der Waals surface area contributed by atoms with Crippen LogP contribution >= 0.6 is 11.3 Å². The molecule has 25 heavy (non-hydrogen) atoms. The third-order valence-corrected chi connectivity index (χ3v) is 6.30. The molecule has 0 bridgehead atoms. The number of hydrogen-bond donors (Lipinski definition) is 1. The Hall–Kier alpha value is -2.03.